The lowest BCUT2D eigenvalue weighted by Gasteiger charge is -2.04. The van der Waals surface area contributed by atoms with E-state index in [-0.39, 0.29) is 11.8 Å². The van der Waals surface area contributed by atoms with Crippen LogP contribution in [-0.4, -0.2) is 20.4 Å². The SMILES string of the molecule is O=C(c1cccnc1CCl)n1ccnc1. The summed E-state index contributed by atoms with van der Waals surface area (Å²) in [5.41, 5.74) is 1.09. The normalized spacial score (nSPS) is 10.2. The number of aromatic nitrogens is 3. The Balaban J connectivity index is 2.42. The fraction of sp³-hybridized carbons (Fsp3) is 0.100. The first-order valence-electron chi connectivity index (χ1n) is 4.35. The first-order valence-corrected chi connectivity index (χ1v) is 4.89. The Hall–Kier alpha value is -1.68. The molecule has 0 amide bonds. The van der Waals surface area contributed by atoms with Crippen molar-refractivity contribution >= 4 is 17.5 Å². The minimum absolute atomic E-state index is 0.170. The van der Waals surface area contributed by atoms with Crippen LogP contribution in [0.5, 0.6) is 0 Å². The van der Waals surface area contributed by atoms with E-state index in [1.807, 2.05) is 0 Å². The van der Waals surface area contributed by atoms with E-state index in [1.165, 1.54) is 10.9 Å². The molecule has 0 fully saturated rings. The summed E-state index contributed by atoms with van der Waals surface area (Å²) >= 11 is 5.70. The van der Waals surface area contributed by atoms with Crippen molar-refractivity contribution in [1.29, 1.82) is 0 Å². The van der Waals surface area contributed by atoms with Gasteiger partial charge in [-0.3, -0.25) is 14.3 Å². The van der Waals surface area contributed by atoms with E-state index >= 15 is 0 Å². The van der Waals surface area contributed by atoms with Crippen molar-refractivity contribution in [3.05, 3.63) is 48.3 Å². The first kappa shape index (κ1) is 9.86. The van der Waals surface area contributed by atoms with Crippen LogP contribution in [0.1, 0.15) is 16.1 Å². The van der Waals surface area contributed by atoms with Gasteiger partial charge in [-0.15, -0.1) is 11.6 Å². The minimum atomic E-state index is -0.170. The molecule has 0 saturated heterocycles. The number of rotatable bonds is 2. The molecule has 0 aromatic carbocycles. The van der Waals surface area contributed by atoms with E-state index in [2.05, 4.69) is 9.97 Å². The maximum atomic E-state index is 11.9. The number of hydrogen-bond donors (Lipinski definition) is 0. The van der Waals surface area contributed by atoms with Crippen LogP contribution in [-0.2, 0) is 5.88 Å². The molecule has 0 bridgehead atoms. The minimum Gasteiger partial charge on any atom is -0.272 e. The van der Waals surface area contributed by atoms with Crippen LogP contribution in [0.25, 0.3) is 0 Å². The monoisotopic (exact) mass is 221 g/mol. The summed E-state index contributed by atoms with van der Waals surface area (Å²) in [4.78, 5) is 19.8. The van der Waals surface area contributed by atoms with Crippen LogP contribution in [0.3, 0.4) is 0 Å². The van der Waals surface area contributed by atoms with Gasteiger partial charge in [0, 0.05) is 18.6 Å². The van der Waals surface area contributed by atoms with Gasteiger partial charge in [0.25, 0.3) is 5.91 Å². The molecule has 76 valence electrons. The molecule has 2 aromatic rings. The third kappa shape index (κ3) is 1.89. The molecule has 2 aromatic heterocycles. The fourth-order valence-electron chi connectivity index (χ4n) is 1.26. The quantitative estimate of drug-likeness (QED) is 0.726. The lowest BCUT2D eigenvalue weighted by molar-refractivity contribution is 0.0958. The van der Waals surface area contributed by atoms with Crippen LogP contribution in [0.4, 0.5) is 0 Å². The van der Waals surface area contributed by atoms with Crippen molar-refractivity contribution in [2.75, 3.05) is 0 Å². The van der Waals surface area contributed by atoms with Gasteiger partial charge in [-0.05, 0) is 12.1 Å². The van der Waals surface area contributed by atoms with Crippen molar-refractivity contribution < 1.29 is 4.79 Å². The number of hydrogen-bond acceptors (Lipinski definition) is 3. The number of carbonyl (C=O) groups excluding carboxylic acids is 1. The first-order chi connectivity index (χ1) is 7.33. The maximum Gasteiger partial charge on any atom is 0.265 e. The zero-order valence-electron chi connectivity index (χ0n) is 7.80. The largest absolute Gasteiger partial charge is 0.272 e. The van der Waals surface area contributed by atoms with E-state index in [1.54, 1.807) is 30.7 Å². The lowest BCUT2D eigenvalue weighted by Crippen LogP contribution is -2.12. The second kappa shape index (κ2) is 4.23. The number of imidazole rings is 1. The highest BCUT2D eigenvalue weighted by atomic mass is 35.5. The summed E-state index contributed by atoms with van der Waals surface area (Å²) < 4.78 is 1.40. The van der Waals surface area contributed by atoms with Gasteiger partial charge in [-0.2, -0.15) is 0 Å². The number of nitrogens with zero attached hydrogens (tertiary/aromatic N) is 3. The number of alkyl halides is 1. The molecule has 0 radical (unpaired) electrons. The average molecular weight is 222 g/mol. The predicted octanol–water partition coefficient (Wildman–Crippen LogP) is 1.71. The third-order valence-electron chi connectivity index (χ3n) is 1.99. The zero-order chi connectivity index (χ0) is 10.7. The molecule has 0 unspecified atom stereocenters. The van der Waals surface area contributed by atoms with Crippen molar-refractivity contribution in [1.82, 2.24) is 14.5 Å². The Morgan fingerprint density at radius 1 is 1.47 bits per heavy atom. The molecular weight excluding hydrogens is 214 g/mol. The molecule has 5 heteroatoms. The highest BCUT2D eigenvalue weighted by Gasteiger charge is 2.12. The standard InChI is InChI=1S/C10H8ClN3O/c11-6-9-8(2-1-3-13-9)10(15)14-5-4-12-7-14/h1-5,7H,6H2. The summed E-state index contributed by atoms with van der Waals surface area (Å²) in [6.07, 6.45) is 6.21. The third-order valence-corrected chi connectivity index (χ3v) is 2.24. The van der Waals surface area contributed by atoms with Gasteiger partial charge >= 0.3 is 0 Å². The molecule has 0 spiro atoms. The molecule has 15 heavy (non-hydrogen) atoms. The maximum absolute atomic E-state index is 11.9. The molecule has 2 rings (SSSR count). The highest BCUT2D eigenvalue weighted by molar-refractivity contribution is 6.17. The van der Waals surface area contributed by atoms with Crippen LogP contribution >= 0.6 is 11.6 Å². The Kier molecular flexibility index (Phi) is 2.78. The molecule has 0 atom stereocenters. The van der Waals surface area contributed by atoms with Crippen molar-refractivity contribution in [2.24, 2.45) is 0 Å². The summed E-state index contributed by atoms with van der Waals surface area (Å²) in [5.74, 6) is 0.0487. The molecule has 0 saturated carbocycles. The van der Waals surface area contributed by atoms with E-state index < -0.39 is 0 Å². The van der Waals surface area contributed by atoms with Crippen molar-refractivity contribution in [3.8, 4) is 0 Å². The Morgan fingerprint density at radius 2 is 2.33 bits per heavy atom. The summed E-state index contributed by atoms with van der Waals surface area (Å²) in [6, 6.07) is 3.41. The number of pyridine rings is 1. The van der Waals surface area contributed by atoms with Gasteiger partial charge < -0.3 is 0 Å². The van der Waals surface area contributed by atoms with Gasteiger partial charge in [0.15, 0.2) is 0 Å². The smallest absolute Gasteiger partial charge is 0.265 e. The summed E-state index contributed by atoms with van der Waals surface area (Å²) in [7, 11) is 0. The Bertz CT molecular complexity index is 467. The number of carbonyl (C=O) groups is 1. The van der Waals surface area contributed by atoms with Gasteiger partial charge in [0.1, 0.15) is 6.33 Å². The van der Waals surface area contributed by atoms with E-state index in [4.69, 9.17) is 11.6 Å². The molecule has 0 aliphatic heterocycles. The summed E-state index contributed by atoms with van der Waals surface area (Å²) in [5, 5.41) is 0. The molecule has 0 aliphatic carbocycles. The van der Waals surface area contributed by atoms with Crippen molar-refractivity contribution in [3.63, 3.8) is 0 Å². The molecule has 4 nitrogen and oxygen atoms in total. The Morgan fingerprint density at radius 3 is 3.00 bits per heavy atom. The van der Waals surface area contributed by atoms with E-state index in [9.17, 15) is 4.79 Å². The fourth-order valence-corrected chi connectivity index (χ4v) is 1.47. The van der Waals surface area contributed by atoms with Crippen molar-refractivity contribution in [2.45, 2.75) is 5.88 Å². The molecule has 0 N–H and O–H groups in total. The summed E-state index contributed by atoms with van der Waals surface area (Å²) in [6.45, 7) is 0. The average Bonchev–Trinajstić information content (AvgIpc) is 2.81. The molecule has 0 aliphatic rings. The van der Waals surface area contributed by atoms with E-state index in [0.29, 0.717) is 11.3 Å². The molecule has 2 heterocycles. The van der Waals surface area contributed by atoms with E-state index in [0.717, 1.165) is 0 Å². The Labute approximate surface area is 91.5 Å². The van der Waals surface area contributed by atoms with Crippen LogP contribution < -0.4 is 0 Å². The topological polar surface area (TPSA) is 47.8 Å². The van der Waals surface area contributed by atoms with Gasteiger partial charge in [0.2, 0.25) is 0 Å². The van der Waals surface area contributed by atoms with Gasteiger partial charge in [0.05, 0.1) is 17.1 Å². The van der Waals surface area contributed by atoms with Crippen LogP contribution in [0.15, 0.2) is 37.1 Å². The predicted molar refractivity (Wildman–Crippen MR) is 55.7 cm³/mol. The van der Waals surface area contributed by atoms with Crippen LogP contribution in [0, 0.1) is 0 Å². The van der Waals surface area contributed by atoms with Gasteiger partial charge in [-0.25, -0.2) is 4.98 Å². The second-order valence-corrected chi connectivity index (χ2v) is 3.17. The number of halogens is 1. The second-order valence-electron chi connectivity index (χ2n) is 2.91. The highest BCUT2D eigenvalue weighted by Crippen LogP contribution is 2.10. The zero-order valence-corrected chi connectivity index (χ0v) is 8.55. The van der Waals surface area contributed by atoms with Gasteiger partial charge in [-0.1, -0.05) is 0 Å². The van der Waals surface area contributed by atoms with Crippen LogP contribution in [0.2, 0.25) is 0 Å². The lowest BCUT2D eigenvalue weighted by atomic mass is 10.2. The molecular formula is C10H8ClN3O.